The number of aromatic nitrogens is 2. The van der Waals surface area contributed by atoms with Gasteiger partial charge in [0.05, 0.1) is 26.8 Å². The molecule has 0 aliphatic rings. The number of alkyl halides is 3. The second-order valence-electron chi connectivity index (χ2n) is 7.37. The molecule has 1 amide bonds. The van der Waals surface area contributed by atoms with Crippen LogP contribution in [0.4, 0.5) is 18.9 Å². The summed E-state index contributed by atoms with van der Waals surface area (Å²) in [5.74, 6) is -1.68. The third kappa shape index (κ3) is 5.55. The molecular formula is C24H17ClF3N3O3S. The molecule has 1 unspecified atom stereocenters. The normalized spacial score (nSPS) is 12.3. The van der Waals surface area contributed by atoms with Crippen LogP contribution in [0.15, 0.2) is 72.1 Å². The quantitative estimate of drug-likeness (QED) is 0.297. The van der Waals surface area contributed by atoms with Crippen molar-refractivity contribution in [3.05, 3.63) is 88.4 Å². The van der Waals surface area contributed by atoms with E-state index in [1.165, 1.54) is 22.9 Å². The molecule has 0 bridgehead atoms. The fourth-order valence-corrected chi connectivity index (χ4v) is 3.99. The number of nitrogens with one attached hydrogen (secondary N) is 1. The number of anilines is 1. The van der Waals surface area contributed by atoms with E-state index in [0.717, 1.165) is 17.0 Å². The van der Waals surface area contributed by atoms with Crippen LogP contribution in [-0.4, -0.2) is 27.8 Å². The van der Waals surface area contributed by atoms with Crippen LogP contribution in [-0.2, 0) is 15.7 Å². The van der Waals surface area contributed by atoms with Gasteiger partial charge in [0.1, 0.15) is 5.69 Å². The van der Waals surface area contributed by atoms with Crippen molar-refractivity contribution in [2.45, 2.75) is 19.2 Å². The van der Waals surface area contributed by atoms with Crippen molar-refractivity contribution >= 4 is 40.5 Å². The lowest BCUT2D eigenvalue weighted by molar-refractivity contribution is -0.137. The van der Waals surface area contributed by atoms with Crippen LogP contribution in [0.1, 0.15) is 23.0 Å². The largest absolute Gasteiger partial charge is 0.448 e. The van der Waals surface area contributed by atoms with Crippen molar-refractivity contribution in [1.29, 1.82) is 0 Å². The zero-order valence-electron chi connectivity index (χ0n) is 18.0. The third-order valence-corrected chi connectivity index (χ3v) is 6.12. The minimum atomic E-state index is -4.61. The molecule has 1 N–H and O–H groups in total. The minimum absolute atomic E-state index is 0.0800. The number of rotatable bonds is 6. The first-order chi connectivity index (χ1) is 16.6. The molecule has 11 heteroatoms. The SMILES string of the molecule is CC(OC(=O)c1cc(-c2cccs2)nn1-c1ccccc1)C(=O)Nc1cc(C(F)(F)F)ccc1Cl. The monoisotopic (exact) mass is 519 g/mol. The average molecular weight is 520 g/mol. The Labute approximate surface area is 206 Å². The number of hydrogen-bond donors (Lipinski definition) is 1. The molecule has 2 aromatic carbocycles. The van der Waals surface area contributed by atoms with E-state index < -0.39 is 29.7 Å². The Kier molecular flexibility index (Phi) is 6.95. The van der Waals surface area contributed by atoms with Gasteiger partial charge in [0.15, 0.2) is 11.8 Å². The van der Waals surface area contributed by atoms with Crippen LogP contribution in [0.2, 0.25) is 5.02 Å². The van der Waals surface area contributed by atoms with Gasteiger partial charge in [0.25, 0.3) is 5.91 Å². The van der Waals surface area contributed by atoms with Crippen molar-refractivity contribution < 1.29 is 27.5 Å². The highest BCUT2D eigenvalue weighted by molar-refractivity contribution is 7.13. The van der Waals surface area contributed by atoms with Gasteiger partial charge in [0.2, 0.25) is 0 Å². The molecule has 0 radical (unpaired) electrons. The summed E-state index contributed by atoms with van der Waals surface area (Å²) < 4.78 is 45.7. The lowest BCUT2D eigenvalue weighted by Crippen LogP contribution is -2.30. The Bertz CT molecular complexity index is 1360. The maximum atomic E-state index is 13.0. The van der Waals surface area contributed by atoms with E-state index in [4.69, 9.17) is 16.3 Å². The fourth-order valence-electron chi connectivity index (χ4n) is 3.14. The molecule has 0 aliphatic heterocycles. The highest BCUT2D eigenvalue weighted by Crippen LogP contribution is 2.34. The van der Waals surface area contributed by atoms with Gasteiger partial charge in [-0.25, -0.2) is 9.48 Å². The maximum Gasteiger partial charge on any atom is 0.416 e. The van der Waals surface area contributed by atoms with Gasteiger partial charge in [-0.15, -0.1) is 11.3 Å². The molecule has 180 valence electrons. The molecule has 0 spiro atoms. The van der Waals surface area contributed by atoms with Gasteiger partial charge < -0.3 is 10.1 Å². The molecule has 2 heterocycles. The Hall–Kier alpha value is -3.63. The summed E-state index contributed by atoms with van der Waals surface area (Å²) in [6.45, 7) is 1.30. The molecule has 4 aromatic rings. The van der Waals surface area contributed by atoms with Crippen LogP contribution in [0.3, 0.4) is 0 Å². The number of benzene rings is 2. The van der Waals surface area contributed by atoms with Crippen LogP contribution in [0.25, 0.3) is 16.3 Å². The van der Waals surface area contributed by atoms with E-state index in [9.17, 15) is 22.8 Å². The third-order valence-electron chi connectivity index (χ3n) is 4.90. The number of carbonyl (C=O) groups is 2. The summed E-state index contributed by atoms with van der Waals surface area (Å²) in [6, 6.07) is 16.7. The van der Waals surface area contributed by atoms with E-state index in [2.05, 4.69) is 10.4 Å². The van der Waals surface area contributed by atoms with Crippen molar-refractivity contribution in [2.75, 3.05) is 5.32 Å². The van der Waals surface area contributed by atoms with Gasteiger partial charge in [-0.05, 0) is 48.7 Å². The summed E-state index contributed by atoms with van der Waals surface area (Å²) in [7, 11) is 0. The van der Waals surface area contributed by atoms with Crippen molar-refractivity contribution in [3.63, 3.8) is 0 Å². The number of nitrogens with zero attached hydrogens (tertiary/aromatic N) is 2. The molecule has 35 heavy (non-hydrogen) atoms. The first-order valence-corrected chi connectivity index (χ1v) is 11.5. The minimum Gasteiger partial charge on any atom is -0.448 e. The first kappa shape index (κ1) is 24.5. The van der Waals surface area contributed by atoms with Gasteiger partial charge >= 0.3 is 12.1 Å². The summed E-state index contributed by atoms with van der Waals surface area (Å²) in [4.78, 5) is 26.4. The molecule has 0 fully saturated rings. The molecule has 4 rings (SSSR count). The molecule has 0 saturated heterocycles. The molecule has 1 atom stereocenters. The van der Waals surface area contributed by atoms with Gasteiger partial charge in [-0.3, -0.25) is 4.79 Å². The standard InChI is InChI=1S/C24H17ClF3N3O3S/c1-14(22(32)29-18-12-15(24(26,27)28)9-10-17(18)25)34-23(33)20-13-19(21-8-5-11-35-21)30-31(20)16-6-3-2-4-7-16/h2-14H,1H3,(H,29,32). The molecule has 6 nitrogen and oxygen atoms in total. The number of esters is 1. The van der Waals surface area contributed by atoms with Crippen molar-refractivity contribution in [3.8, 4) is 16.3 Å². The first-order valence-electron chi connectivity index (χ1n) is 10.2. The van der Waals surface area contributed by atoms with Crippen molar-refractivity contribution in [2.24, 2.45) is 0 Å². The Morgan fingerprint density at radius 2 is 1.83 bits per heavy atom. The van der Waals surface area contributed by atoms with Crippen LogP contribution < -0.4 is 5.32 Å². The van der Waals surface area contributed by atoms with E-state index in [1.54, 1.807) is 30.3 Å². The molecular weight excluding hydrogens is 503 g/mol. The Morgan fingerprint density at radius 3 is 2.49 bits per heavy atom. The average Bonchev–Trinajstić information content (AvgIpc) is 3.50. The van der Waals surface area contributed by atoms with Gasteiger partial charge in [-0.1, -0.05) is 35.9 Å². The number of carbonyl (C=O) groups excluding carboxylic acids is 2. The summed E-state index contributed by atoms with van der Waals surface area (Å²) >= 11 is 7.38. The van der Waals surface area contributed by atoms with Crippen molar-refractivity contribution in [1.82, 2.24) is 9.78 Å². The summed E-state index contributed by atoms with van der Waals surface area (Å²) in [5.41, 5.74) is 0.00790. The molecule has 0 aliphatic carbocycles. The zero-order valence-corrected chi connectivity index (χ0v) is 19.6. The number of amides is 1. The number of ether oxygens (including phenoxy) is 1. The van der Waals surface area contributed by atoms with E-state index in [0.29, 0.717) is 17.4 Å². The number of hydrogen-bond acceptors (Lipinski definition) is 5. The molecule has 2 aromatic heterocycles. The predicted molar refractivity (Wildman–Crippen MR) is 127 cm³/mol. The number of para-hydroxylation sites is 1. The number of halogens is 4. The van der Waals surface area contributed by atoms with Crippen LogP contribution in [0, 0.1) is 0 Å². The van der Waals surface area contributed by atoms with Crippen LogP contribution >= 0.6 is 22.9 Å². The van der Waals surface area contributed by atoms with E-state index in [-0.39, 0.29) is 16.4 Å². The summed E-state index contributed by atoms with van der Waals surface area (Å²) in [6.07, 6.45) is -5.95. The number of thiophene rings is 1. The molecule has 0 saturated carbocycles. The maximum absolute atomic E-state index is 13.0. The highest BCUT2D eigenvalue weighted by atomic mass is 35.5. The second-order valence-corrected chi connectivity index (χ2v) is 8.72. The zero-order chi connectivity index (χ0) is 25.2. The topological polar surface area (TPSA) is 73.2 Å². The smallest absolute Gasteiger partial charge is 0.416 e. The lowest BCUT2D eigenvalue weighted by atomic mass is 10.2. The van der Waals surface area contributed by atoms with Gasteiger partial charge in [-0.2, -0.15) is 18.3 Å². The summed E-state index contributed by atoms with van der Waals surface area (Å²) in [5, 5.41) is 8.58. The predicted octanol–water partition coefficient (Wildman–Crippen LogP) is 6.46. The van der Waals surface area contributed by atoms with Crippen LogP contribution in [0.5, 0.6) is 0 Å². The Morgan fingerprint density at radius 1 is 1.09 bits per heavy atom. The van der Waals surface area contributed by atoms with E-state index in [1.807, 2.05) is 23.6 Å². The lowest BCUT2D eigenvalue weighted by Gasteiger charge is -2.16. The second kappa shape index (κ2) is 9.93. The fraction of sp³-hybridized carbons (Fsp3) is 0.125. The van der Waals surface area contributed by atoms with E-state index >= 15 is 0 Å². The Balaban J connectivity index is 1.55. The highest BCUT2D eigenvalue weighted by Gasteiger charge is 2.31. The van der Waals surface area contributed by atoms with Gasteiger partial charge in [0, 0.05) is 6.07 Å².